The lowest BCUT2D eigenvalue weighted by atomic mass is 10.2. The summed E-state index contributed by atoms with van der Waals surface area (Å²) < 4.78 is 2.80. The molecule has 5 nitrogen and oxygen atoms in total. The van der Waals surface area contributed by atoms with E-state index in [0.29, 0.717) is 5.32 Å². The summed E-state index contributed by atoms with van der Waals surface area (Å²) >= 11 is 0. The second kappa shape index (κ2) is 10.1. The van der Waals surface area contributed by atoms with Crippen LogP contribution < -0.4 is 26.9 Å². The van der Waals surface area contributed by atoms with Gasteiger partial charge in [0.2, 0.25) is 0 Å². The Bertz CT molecular complexity index is 1530. The molecule has 0 bridgehead atoms. The van der Waals surface area contributed by atoms with Gasteiger partial charge in [0.05, 0.1) is 13.1 Å². The van der Waals surface area contributed by atoms with Crippen LogP contribution >= 0.6 is 0 Å². The molecule has 5 rings (SSSR count). The normalized spacial score (nSPS) is 11.4. The Labute approximate surface area is 211 Å². The van der Waals surface area contributed by atoms with Crippen LogP contribution in [0, 0.1) is 0 Å². The van der Waals surface area contributed by atoms with Crippen LogP contribution in [-0.4, -0.2) is 22.4 Å². The maximum atomic E-state index is 14.1. The molecule has 0 amide bonds. The van der Waals surface area contributed by atoms with E-state index in [2.05, 4.69) is 30.8 Å². The van der Waals surface area contributed by atoms with Gasteiger partial charge in [-0.2, -0.15) is 5.10 Å². The van der Waals surface area contributed by atoms with E-state index in [9.17, 15) is 9.59 Å². The van der Waals surface area contributed by atoms with Crippen LogP contribution in [0.25, 0.3) is 0 Å². The zero-order valence-corrected chi connectivity index (χ0v) is 21.1. The molecule has 1 heterocycles. The van der Waals surface area contributed by atoms with E-state index in [1.165, 1.54) is 9.25 Å². The molecule has 0 saturated carbocycles. The van der Waals surface area contributed by atoms with Crippen molar-refractivity contribution in [1.29, 1.82) is 0 Å². The Morgan fingerprint density at radius 3 is 1.50 bits per heavy atom. The number of benzene rings is 4. The highest BCUT2D eigenvalue weighted by molar-refractivity contribution is 7.10. The van der Waals surface area contributed by atoms with Gasteiger partial charge in [-0.3, -0.25) is 9.36 Å². The second-order valence-electron chi connectivity index (χ2n) is 9.01. The summed E-state index contributed by atoms with van der Waals surface area (Å²) in [4.78, 5) is 27.7. The first-order valence-electron chi connectivity index (χ1n) is 12.0. The molecule has 0 N–H and O–H groups in total. The molecular formula is C30H27N3O2Si. The number of aromatic nitrogens is 3. The fourth-order valence-corrected chi connectivity index (χ4v) is 8.10. The summed E-state index contributed by atoms with van der Waals surface area (Å²) in [6.45, 7) is 2.62. The first-order valence-corrected chi connectivity index (χ1v) is 14.5. The molecule has 4 aromatic carbocycles. The predicted octanol–water partition coefficient (Wildman–Crippen LogP) is 2.60. The summed E-state index contributed by atoms with van der Waals surface area (Å²) in [7, 11) is -2.85. The monoisotopic (exact) mass is 489 g/mol. The second-order valence-corrected chi connectivity index (χ2v) is 12.9. The predicted molar refractivity (Wildman–Crippen MR) is 147 cm³/mol. The fraction of sp³-hybridized carbons (Fsp3) is 0.100. The smallest absolute Gasteiger partial charge is 0.267 e. The summed E-state index contributed by atoms with van der Waals surface area (Å²) in [5.41, 5.74) is 1.11. The molecule has 0 aliphatic heterocycles. The van der Waals surface area contributed by atoms with Crippen molar-refractivity contribution in [3.63, 3.8) is 0 Å². The van der Waals surface area contributed by atoms with Crippen LogP contribution in [0.5, 0.6) is 0 Å². The first kappa shape index (κ1) is 23.4. The van der Waals surface area contributed by atoms with Crippen LogP contribution in [0.2, 0.25) is 6.55 Å². The van der Waals surface area contributed by atoms with Gasteiger partial charge in [0.15, 0.2) is 8.07 Å². The van der Waals surface area contributed by atoms with E-state index in [-0.39, 0.29) is 18.6 Å². The Balaban J connectivity index is 1.78. The number of hydrogen-bond acceptors (Lipinski definition) is 3. The Morgan fingerprint density at radius 1 is 0.611 bits per heavy atom. The van der Waals surface area contributed by atoms with Crippen molar-refractivity contribution in [3.8, 4) is 0 Å². The molecule has 0 fully saturated rings. The Hall–Kier alpha value is -4.29. The number of hydrogen-bond donors (Lipinski definition) is 0. The average molecular weight is 490 g/mol. The Kier molecular flexibility index (Phi) is 6.60. The molecule has 0 radical (unpaired) electrons. The maximum Gasteiger partial charge on any atom is 0.348 e. The molecule has 5 aromatic rings. The van der Waals surface area contributed by atoms with Crippen molar-refractivity contribution in [3.05, 3.63) is 153 Å². The maximum absolute atomic E-state index is 14.1. The van der Waals surface area contributed by atoms with Crippen LogP contribution in [0.15, 0.2) is 131 Å². The molecule has 6 heteroatoms. The van der Waals surface area contributed by atoms with Crippen LogP contribution in [0.1, 0.15) is 11.1 Å². The van der Waals surface area contributed by atoms with E-state index < -0.39 is 13.8 Å². The minimum atomic E-state index is -2.85. The summed E-state index contributed by atoms with van der Waals surface area (Å²) in [5.74, 6) is 0. The highest BCUT2D eigenvalue weighted by atomic mass is 28.3. The topological polar surface area (TPSA) is 56.9 Å². The lowest BCUT2D eigenvalue weighted by Crippen LogP contribution is -2.72. The molecule has 0 spiro atoms. The molecule has 0 unspecified atom stereocenters. The van der Waals surface area contributed by atoms with Crippen molar-refractivity contribution < 1.29 is 0 Å². The lowest BCUT2D eigenvalue weighted by molar-refractivity contribution is 0.550. The zero-order chi connectivity index (χ0) is 25.0. The van der Waals surface area contributed by atoms with Crippen molar-refractivity contribution in [2.45, 2.75) is 19.6 Å². The third-order valence-corrected chi connectivity index (χ3v) is 10.9. The van der Waals surface area contributed by atoms with Gasteiger partial charge in [0, 0.05) is 0 Å². The van der Waals surface area contributed by atoms with Crippen LogP contribution in [-0.2, 0) is 13.1 Å². The highest BCUT2D eigenvalue weighted by Gasteiger charge is 2.39. The largest absolute Gasteiger partial charge is 0.348 e. The van der Waals surface area contributed by atoms with E-state index >= 15 is 0 Å². The van der Waals surface area contributed by atoms with Gasteiger partial charge in [-0.05, 0) is 21.5 Å². The number of rotatable bonds is 7. The summed E-state index contributed by atoms with van der Waals surface area (Å²) in [6, 6.07) is 39.5. The molecule has 1 aromatic heterocycles. The van der Waals surface area contributed by atoms with Crippen LogP contribution in [0.3, 0.4) is 0 Å². The van der Waals surface area contributed by atoms with Crippen molar-refractivity contribution in [1.82, 2.24) is 14.3 Å². The van der Waals surface area contributed by atoms with E-state index in [1.54, 1.807) is 0 Å². The molecule has 0 saturated heterocycles. The van der Waals surface area contributed by atoms with Gasteiger partial charge >= 0.3 is 5.69 Å². The summed E-state index contributed by atoms with van der Waals surface area (Å²) in [6.07, 6.45) is 0. The van der Waals surface area contributed by atoms with E-state index in [1.807, 2.05) is 97.1 Å². The fourth-order valence-electron chi connectivity index (χ4n) is 4.62. The molecule has 0 aliphatic rings. The standard InChI is InChI=1S/C30H27N3O2Si/c1-36(26-18-10-4-11-19-26,27-20-12-5-13-21-27)28-29(34)32(22-24-14-6-2-7-15-24)30(35)33(31-28)23-25-16-8-3-9-17-25/h2-21H,22-23H2,1H3. The molecule has 36 heavy (non-hydrogen) atoms. The van der Waals surface area contributed by atoms with Crippen molar-refractivity contribution >= 4 is 23.8 Å². The first-order chi connectivity index (χ1) is 17.6. The summed E-state index contributed by atoms with van der Waals surface area (Å²) in [5, 5.41) is 7.41. The van der Waals surface area contributed by atoms with Gasteiger partial charge in [-0.25, -0.2) is 9.48 Å². The minimum Gasteiger partial charge on any atom is -0.267 e. The van der Waals surface area contributed by atoms with Crippen molar-refractivity contribution in [2.24, 2.45) is 0 Å². The van der Waals surface area contributed by atoms with Crippen molar-refractivity contribution in [2.75, 3.05) is 0 Å². The molecule has 0 aliphatic carbocycles. The van der Waals surface area contributed by atoms with Gasteiger partial charge in [0.25, 0.3) is 5.56 Å². The third-order valence-electron chi connectivity index (χ3n) is 6.65. The van der Waals surface area contributed by atoms with E-state index in [0.717, 1.165) is 21.5 Å². The lowest BCUT2D eigenvalue weighted by Gasteiger charge is -2.28. The molecular weight excluding hydrogens is 462 g/mol. The third kappa shape index (κ3) is 4.51. The average Bonchev–Trinajstić information content (AvgIpc) is 2.94. The van der Waals surface area contributed by atoms with Gasteiger partial charge < -0.3 is 0 Å². The Morgan fingerprint density at radius 2 is 1.03 bits per heavy atom. The zero-order valence-electron chi connectivity index (χ0n) is 20.1. The molecule has 178 valence electrons. The SMILES string of the molecule is C[Si](c1ccccc1)(c1ccccc1)c1nn(Cc2ccccc2)c(=O)n(Cc2ccccc2)c1=O. The number of nitrogens with zero attached hydrogens (tertiary/aromatic N) is 3. The van der Waals surface area contributed by atoms with Crippen LogP contribution in [0.4, 0.5) is 0 Å². The van der Waals surface area contributed by atoms with Gasteiger partial charge in [0.1, 0.15) is 5.32 Å². The van der Waals surface area contributed by atoms with Gasteiger partial charge in [-0.1, -0.05) is 128 Å². The molecule has 0 atom stereocenters. The quantitative estimate of drug-likeness (QED) is 0.330. The highest BCUT2D eigenvalue weighted by Crippen LogP contribution is 2.06. The minimum absolute atomic E-state index is 0.191. The van der Waals surface area contributed by atoms with E-state index in [4.69, 9.17) is 5.10 Å². The van der Waals surface area contributed by atoms with Gasteiger partial charge in [-0.15, -0.1) is 0 Å².